The van der Waals surface area contributed by atoms with Gasteiger partial charge in [-0.2, -0.15) is 0 Å². The smallest absolute Gasteiger partial charge is 0.119 e. The molecule has 116 valence electrons. The summed E-state index contributed by atoms with van der Waals surface area (Å²) >= 11 is 0. The lowest BCUT2D eigenvalue weighted by atomic mass is 10.2. The summed E-state index contributed by atoms with van der Waals surface area (Å²) in [5, 5.41) is 0. The number of rotatable bonds is 5. The van der Waals surface area contributed by atoms with Gasteiger partial charge >= 0.3 is 0 Å². The number of hydrogen-bond acceptors (Lipinski definition) is 3. The summed E-state index contributed by atoms with van der Waals surface area (Å²) in [6.07, 6.45) is 0. The molecule has 3 nitrogen and oxygen atoms in total. The second kappa shape index (κ2) is 7.32. The molecule has 1 fully saturated rings. The zero-order valence-electron chi connectivity index (χ0n) is 13.2. The fourth-order valence-corrected chi connectivity index (χ4v) is 2.82. The van der Waals surface area contributed by atoms with Crippen molar-refractivity contribution in [1.29, 1.82) is 0 Å². The lowest BCUT2D eigenvalue weighted by Crippen LogP contribution is -2.46. The molecule has 1 heterocycles. The molecule has 1 aliphatic heterocycles. The summed E-state index contributed by atoms with van der Waals surface area (Å²) in [6.45, 7) is 8.53. The van der Waals surface area contributed by atoms with Crippen LogP contribution in [0, 0.1) is 0 Å². The monoisotopic (exact) mass is 296 g/mol. The number of piperazine rings is 1. The summed E-state index contributed by atoms with van der Waals surface area (Å²) in [7, 11) is 0. The van der Waals surface area contributed by atoms with E-state index in [1.54, 1.807) is 0 Å². The highest BCUT2D eigenvalue weighted by molar-refractivity contribution is 5.49. The Morgan fingerprint density at radius 3 is 2.18 bits per heavy atom. The summed E-state index contributed by atoms with van der Waals surface area (Å²) in [4.78, 5) is 4.95. The topological polar surface area (TPSA) is 15.7 Å². The van der Waals surface area contributed by atoms with Crippen molar-refractivity contribution in [3.8, 4) is 5.75 Å². The third-order valence-electron chi connectivity index (χ3n) is 4.27. The van der Waals surface area contributed by atoms with Crippen LogP contribution in [0.5, 0.6) is 5.75 Å². The average Bonchev–Trinajstić information content (AvgIpc) is 2.61. The van der Waals surface area contributed by atoms with Gasteiger partial charge in [-0.3, -0.25) is 0 Å². The Bertz CT molecular complexity index is 560. The first-order valence-electron chi connectivity index (χ1n) is 8.09. The standard InChI is InChI=1S/C19H24N2O/c1-2-20-12-14-21(15-13-20)18-8-10-19(11-9-18)22-16-17-6-4-3-5-7-17/h3-11H,2,12-16H2,1H3. The molecule has 0 amide bonds. The van der Waals surface area contributed by atoms with Crippen LogP contribution >= 0.6 is 0 Å². The maximum Gasteiger partial charge on any atom is 0.119 e. The van der Waals surface area contributed by atoms with Crippen LogP contribution in [-0.4, -0.2) is 37.6 Å². The molecule has 0 aromatic heterocycles. The van der Waals surface area contributed by atoms with Gasteiger partial charge in [0.1, 0.15) is 12.4 Å². The van der Waals surface area contributed by atoms with Crippen LogP contribution in [0.25, 0.3) is 0 Å². The molecular formula is C19H24N2O. The predicted molar refractivity (Wildman–Crippen MR) is 91.5 cm³/mol. The number of nitrogens with zero attached hydrogens (tertiary/aromatic N) is 2. The second-order valence-corrected chi connectivity index (χ2v) is 5.69. The van der Waals surface area contributed by atoms with E-state index in [4.69, 9.17) is 4.74 Å². The van der Waals surface area contributed by atoms with Crippen LogP contribution in [0.15, 0.2) is 54.6 Å². The Balaban J connectivity index is 1.54. The van der Waals surface area contributed by atoms with Crippen LogP contribution in [0.2, 0.25) is 0 Å². The Hall–Kier alpha value is -2.00. The van der Waals surface area contributed by atoms with E-state index in [9.17, 15) is 0 Å². The van der Waals surface area contributed by atoms with Crippen molar-refractivity contribution in [2.45, 2.75) is 13.5 Å². The van der Waals surface area contributed by atoms with Gasteiger partial charge in [0.25, 0.3) is 0 Å². The van der Waals surface area contributed by atoms with E-state index in [2.05, 4.69) is 53.1 Å². The average molecular weight is 296 g/mol. The number of likely N-dealkylation sites (N-methyl/N-ethyl adjacent to an activating group) is 1. The zero-order valence-corrected chi connectivity index (χ0v) is 13.2. The summed E-state index contributed by atoms with van der Waals surface area (Å²) in [5.41, 5.74) is 2.49. The lowest BCUT2D eigenvalue weighted by Gasteiger charge is -2.35. The summed E-state index contributed by atoms with van der Waals surface area (Å²) in [5.74, 6) is 0.930. The van der Waals surface area contributed by atoms with E-state index in [0.29, 0.717) is 6.61 Å². The maximum absolute atomic E-state index is 5.84. The normalized spacial score (nSPS) is 15.8. The van der Waals surface area contributed by atoms with Crippen molar-refractivity contribution in [2.24, 2.45) is 0 Å². The molecule has 0 aliphatic carbocycles. The molecule has 0 atom stereocenters. The van der Waals surface area contributed by atoms with Gasteiger partial charge < -0.3 is 14.5 Å². The van der Waals surface area contributed by atoms with Gasteiger partial charge in [-0.05, 0) is 36.4 Å². The van der Waals surface area contributed by atoms with Crippen LogP contribution in [-0.2, 0) is 6.61 Å². The van der Waals surface area contributed by atoms with E-state index < -0.39 is 0 Å². The van der Waals surface area contributed by atoms with Crippen molar-refractivity contribution in [1.82, 2.24) is 4.90 Å². The van der Waals surface area contributed by atoms with E-state index >= 15 is 0 Å². The van der Waals surface area contributed by atoms with Crippen molar-refractivity contribution < 1.29 is 4.74 Å². The van der Waals surface area contributed by atoms with Crippen molar-refractivity contribution in [3.63, 3.8) is 0 Å². The van der Waals surface area contributed by atoms with Crippen LogP contribution in [0.4, 0.5) is 5.69 Å². The molecule has 22 heavy (non-hydrogen) atoms. The summed E-state index contributed by atoms with van der Waals surface area (Å²) in [6, 6.07) is 18.8. The van der Waals surface area contributed by atoms with Crippen molar-refractivity contribution in [2.75, 3.05) is 37.6 Å². The number of ether oxygens (including phenoxy) is 1. The van der Waals surface area contributed by atoms with Gasteiger partial charge in [0.05, 0.1) is 0 Å². The second-order valence-electron chi connectivity index (χ2n) is 5.69. The molecule has 0 spiro atoms. The molecule has 0 bridgehead atoms. The molecule has 1 aliphatic rings. The molecule has 0 saturated carbocycles. The number of hydrogen-bond donors (Lipinski definition) is 0. The van der Waals surface area contributed by atoms with Crippen LogP contribution in [0.3, 0.4) is 0 Å². The molecule has 2 aromatic rings. The minimum atomic E-state index is 0.620. The van der Waals surface area contributed by atoms with Crippen molar-refractivity contribution in [3.05, 3.63) is 60.2 Å². The van der Waals surface area contributed by atoms with Crippen molar-refractivity contribution >= 4 is 5.69 Å². The fourth-order valence-electron chi connectivity index (χ4n) is 2.82. The molecule has 0 N–H and O–H groups in total. The molecule has 2 aromatic carbocycles. The zero-order chi connectivity index (χ0) is 15.2. The third-order valence-corrected chi connectivity index (χ3v) is 4.27. The Kier molecular flexibility index (Phi) is 4.96. The minimum absolute atomic E-state index is 0.620. The number of benzene rings is 2. The first-order chi connectivity index (χ1) is 10.8. The van der Waals surface area contributed by atoms with Gasteiger partial charge in [0, 0.05) is 31.9 Å². The predicted octanol–water partition coefficient (Wildman–Crippen LogP) is 3.41. The molecule has 0 unspecified atom stereocenters. The van der Waals surface area contributed by atoms with Gasteiger partial charge in [-0.15, -0.1) is 0 Å². The highest BCUT2D eigenvalue weighted by atomic mass is 16.5. The minimum Gasteiger partial charge on any atom is -0.489 e. The van der Waals surface area contributed by atoms with E-state index in [0.717, 1.165) is 38.5 Å². The first-order valence-corrected chi connectivity index (χ1v) is 8.09. The van der Waals surface area contributed by atoms with E-state index in [1.165, 1.54) is 11.3 Å². The van der Waals surface area contributed by atoms with E-state index in [1.807, 2.05) is 18.2 Å². The summed E-state index contributed by atoms with van der Waals surface area (Å²) < 4.78 is 5.84. The van der Waals surface area contributed by atoms with Gasteiger partial charge in [-0.25, -0.2) is 0 Å². The molecule has 0 radical (unpaired) electrons. The Morgan fingerprint density at radius 1 is 0.864 bits per heavy atom. The van der Waals surface area contributed by atoms with E-state index in [-0.39, 0.29) is 0 Å². The molecular weight excluding hydrogens is 272 g/mol. The highest BCUT2D eigenvalue weighted by Crippen LogP contribution is 2.21. The SMILES string of the molecule is CCN1CCN(c2ccc(OCc3ccccc3)cc2)CC1. The fraction of sp³-hybridized carbons (Fsp3) is 0.368. The maximum atomic E-state index is 5.84. The quantitative estimate of drug-likeness (QED) is 0.841. The van der Waals surface area contributed by atoms with Crippen LogP contribution < -0.4 is 9.64 Å². The first kappa shape index (κ1) is 14.9. The third kappa shape index (κ3) is 3.80. The Labute approximate surface area is 133 Å². The highest BCUT2D eigenvalue weighted by Gasteiger charge is 2.15. The molecule has 1 saturated heterocycles. The lowest BCUT2D eigenvalue weighted by molar-refractivity contribution is 0.271. The van der Waals surface area contributed by atoms with Gasteiger partial charge in [-0.1, -0.05) is 37.3 Å². The van der Waals surface area contributed by atoms with Crippen LogP contribution in [0.1, 0.15) is 12.5 Å². The van der Waals surface area contributed by atoms with Gasteiger partial charge in [0.2, 0.25) is 0 Å². The molecule has 3 rings (SSSR count). The number of anilines is 1. The van der Waals surface area contributed by atoms with Gasteiger partial charge in [0.15, 0.2) is 0 Å². The Morgan fingerprint density at radius 2 is 1.55 bits per heavy atom. The molecule has 3 heteroatoms. The largest absolute Gasteiger partial charge is 0.489 e.